The fourth-order valence-electron chi connectivity index (χ4n) is 2.84. The summed E-state index contributed by atoms with van der Waals surface area (Å²) < 4.78 is 5.54. The molecule has 0 aromatic rings. The van der Waals surface area contributed by atoms with E-state index >= 15 is 0 Å². The highest BCUT2D eigenvalue weighted by Gasteiger charge is 2.42. The normalized spacial score (nSPS) is 34.4. The van der Waals surface area contributed by atoms with Crippen LogP contribution in [0, 0.1) is 0 Å². The van der Waals surface area contributed by atoms with Gasteiger partial charge < -0.3 is 24.7 Å². The molecule has 2 aliphatic rings. The van der Waals surface area contributed by atoms with E-state index in [1.807, 2.05) is 13.8 Å². The summed E-state index contributed by atoms with van der Waals surface area (Å²) in [5.41, 5.74) is 0. The maximum Gasteiger partial charge on any atom is 0.326 e. The van der Waals surface area contributed by atoms with Crippen molar-refractivity contribution in [3.8, 4) is 0 Å². The average Bonchev–Trinajstić information content (AvgIpc) is 2.80. The van der Waals surface area contributed by atoms with Gasteiger partial charge in [0.05, 0.1) is 24.9 Å². The lowest BCUT2D eigenvalue weighted by Gasteiger charge is -2.40. The molecule has 114 valence electrons. The number of carbonyl (C=O) groups is 2. The van der Waals surface area contributed by atoms with Gasteiger partial charge in [0, 0.05) is 19.5 Å². The molecule has 0 aromatic heterocycles. The minimum absolute atomic E-state index is 0.0362. The summed E-state index contributed by atoms with van der Waals surface area (Å²) in [6.45, 7) is 4.86. The lowest BCUT2D eigenvalue weighted by Crippen LogP contribution is -2.57. The van der Waals surface area contributed by atoms with Gasteiger partial charge in [0.15, 0.2) is 0 Å². The molecule has 0 aromatic carbocycles. The maximum absolute atomic E-state index is 12.6. The second kappa shape index (κ2) is 5.97. The number of morpholine rings is 1. The van der Waals surface area contributed by atoms with E-state index in [1.54, 1.807) is 4.90 Å². The first-order valence-corrected chi connectivity index (χ1v) is 7.03. The number of amides is 2. The number of carbonyl (C=O) groups excluding carboxylic acids is 1. The summed E-state index contributed by atoms with van der Waals surface area (Å²) in [6.07, 6.45) is 0.0285. The molecule has 2 rings (SSSR count). The summed E-state index contributed by atoms with van der Waals surface area (Å²) in [5, 5.41) is 18.8. The van der Waals surface area contributed by atoms with E-state index in [0.717, 1.165) is 6.42 Å². The van der Waals surface area contributed by atoms with Crippen molar-refractivity contribution in [2.24, 2.45) is 0 Å². The van der Waals surface area contributed by atoms with Crippen LogP contribution in [0.1, 0.15) is 26.7 Å². The highest BCUT2D eigenvalue weighted by atomic mass is 16.5. The fourth-order valence-corrected chi connectivity index (χ4v) is 2.84. The first-order valence-electron chi connectivity index (χ1n) is 7.03. The SMILES string of the molecule is CCC1COC(C)CN1C(=O)N1CC(O)CC1C(=O)O. The quantitative estimate of drug-likeness (QED) is 0.753. The Kier molecular flexibility index (Phi) is 4.49. The number of aliphatic carboxylic acids is 1. The minimum atomic E-state index is -1.07. The van der Waals surface area contributed by atoms with E-state index < -0.39 is 18.1 Å². The Morgan fingerprint density at radius 1 is 1.30 bits per heavy atom. The minimum Gasteiger partial charge on any atom is -0.480 e. The molecule has 0 aliphatic carbocycles. The zero-order chi connectivity index (χ0) is 14.9. The van der Waals surface area contributed by atoms with Gasteiger partial charge in [-0.1, -0.05) is 6.92 Å². The van der Waals surface area contributed by atoms with Gasteiger partial charge >= 0.3 is 12.0 Å². The molecule has 2 saturated heterocycles. The van der Waals surface area contributed by atoms with Gasteiger partial charge in [-0.2, -0.15) is 0 Å². The van der Waals surface area contributed by atoms with Crippen LogP contribution < -0.4 is 0 Å². The van der Waals surface area contributed by atoms with E-state index in [-0.39, 0.29) is 31.1 Å². The van der Waals surface area contributed by atoms with Crippen molar-refractivity contribution in [2.75, 3.05) is 19.7 Å². The van der Waals surface area contributed by atoms with Gasteiger partial charge in [-0.25, -0.2) is 9.59 Å². The predicted octanol–water partition coefficient (Wildman–Crippen LogP) is 0.125. The number of ether oxygens (including phenoxy) is 1. The van der Waals surface area contributed by atoms with Crippen molar-refractivity contribution in [3.05, 3.63) is 0 Å². The summed E-state index contributed by atoms with van der Waals surface area (Å²) in [5.74, 6) is -1.07. The number of hydrogen-bond donors (Lipinski definition) is 2. The monoisotopic (exact) mass is 286 g/mol. The second-order valence-corrected chi connectivity index (χ2v) is 5.54. The molecule has 4 unspecified atom stereocenters. The van der Waals surface area contributed by atoms with E-state index in [9.17, 15) is 19.8 Å². The lowest BCUT2D eigenvalue weighted by molar-refractivity contribution is -0.141. The highest BCUT2D eigenvalue weighted by Crippen LogP contribution is 2.23. The third-order valence-corrected chi connectivity index (χ3v) is 3.99. The summed E-state index contributed by atoms with van der Waals surface area (Å²) in [7, 11) is 0. The molecular formula is C13H22N2O5. The molecule has 0 bridgehead atoms. The molecule has 0 saturated carbocycles. The van der Waals surface area contributed by atoms with Crippen LogP contribution in [0.15, 0.2) is 0 Å². The molecule has 0 radical (unpaired) electrons. The molecule has 2 heterocycles. The number of aliphatic hydroxyl groups excluding tert-OH is 1. The first-order chi connectivity index (χ1) is 9.43. The van der Waals surface area contributed by atoms with Gasteiger partial charge in [0.2, 0.25) is 0 Å². The third-order valence-electron chi connectivity index (χ3n) is 3.99. The highest BCUT2D eigenvalue weighted by molar-refractivity contribution is 5.83. The average molecular weight is 286 g/mol. The van der Waals surface area contributed by atoms with Crippen molar-refractivity contribution < 1.29 is 24.5 Å². The molecule has 20 heavy (non-hydrogen) atoms. The second-order valence-electron chi connectivity index (χ2n) is 5.54. The van der Waals surface area contributed by atoms with Crippen molar-refractivity contribution in [1.29, 1.82) is 0 Å². The van der Waals surface area contributed by atoms with Crippen molar-refractivity contribution in [3.63, 3.8) is 0 Å². The molecule has 4 atom stereocenters. The third kappa shape index (κ3) is 2.88. The van der Waals surface area contributed by atoms with Crippen LogP contribution in [-0.4, -0.2) is 76.0 Å². The van der Waals surface area contributed by atoms with Crippen LogP contribution >= 0.6 is 0 Å². The number of likely N-dealkylation sites (tertiary alicyclic amines) is 1. The topological polar surface area (TPSA) is 90.3 Å². The smallest absolute Gasteiger partial charge is 0.326 e. The van der Waals surface area contributed by atoms with Crippen molar-refractivity contribution in [1.82, 2.24) is 9.80 Å². The van der Waals surface area contributed by atoms with Gasteiger partial charge in [-0.15, -0.1) is 0 Å². The van der Waals surface area contributed by atoms with Crippen LogP contribution in [-0.2, 0) is 9.53 Å². The van der Waals surface area contributed by atoms with Crippen molar-refractivity contribution >= 4 is 12.0 Å². The van der Waals surface area contributed by atoms with Gasteiger partial charge in [0.25, 0.3) is 0 Å². The van der Waals surface area contributed by atoms with Crippen LogP contribution in [0.4, 0.5) is 4.79 Å². The number of β-amino-alcohol motifs (C(OH)–C–C–N with tert-alkyl or cyclic N) is 1. The van der Waals surface area contributed by atoms with Crippen LogP contribution in [0.25, 0.3) is 0 Å². The van der Waals surface area contributed by atoms with E-state index in [2.05, 4.69) is 0 Å². The Hall–Kier alpha value is -1.34. The Morgan fingerprint density at radius 2 is 2.00 bits per heavy atom. The van der Waals surface area contributed by atoms with Crippen molar-refractivity contribution in [2.45, 2.75) is 51.0 Å². The first kappa shape index (κ1) is 15.1. The molecule has 0 spiro atoms. The predicted molar refractivity (Wildman–Crippen MR) is 70.3 cm³/mol. The number of aliphatic hydroxyl groups is 1. The summed E-state index contributed by atoms with van der Waals surface area (Å²) in [4.78, 5) is 26.8. The lowest BCUT2D eigenvalue weighted by atomic mass is 10.1. The molecule has 2 aliphatic heterocycles. The standard InChI is InChI=1S/C13H22N2O5/c1-3-9-7-20-8(2)5-14(9)13(19)15-6-10(16)4-11(15)12(17)18/h8-11,16H,3-7H2,1-2H3,(H,17,18). The molecule has 2 amide bonds. The van der Waals surface area contributed by atoms with Gasteiger partial charge in [0.1, 0.15) is 6.04 Å². The molecule has 2 N–H and O–H groups in total. The number of carboxylic acids is 1. The van der Waals surface area contributed by atoms with Crippen LogP contribution in [0.5, 0.6) is 0 Å². The van der Waals surface area contributed by atoms with E-state index in [4.69, 9.17) is 4.74 Å². The molecule has 2 fully saturated rings. The summed E-state index contributed by atoms with van der Waals surface area (Å²) >= 11 is 0. The zero-order valence-corrected chi connectivity index (χ0v) is 11.9. The molecule has 7 nitrogen and oxygen atoms in total. The molecular weight excluding hydrogens is 264 g/mol. The largest absolute Gasteiger partial charge is 0.480 e. The van der Waals surface area contributed by atoms with E-state index in [0.29, 0.717) is 13.2 Å². The fraction of sp³-hybridized carbons (Fsp3) is 0.846. The summed E-state index contributed by atoms with van der Waals surface area (Å²) in [6, 6.07) is -1.28. The Balaban J connectivity index is 2.13. The number of urea groups is 1. The Labute approximate surface area is 118 Å². The number of rotatable bonds is 2. The Bertz CT molecular complexity index is 389. The number of carboxylic acid groups (broad SMARTS) is 1. The maximum atomic E-state index is 12.6. The number of nitrogens with zero attached hydrogens (tertiary/aromatic N) is 2. The number of hydrogen-bond acceptors (Lipinski definition) is 4. The van der Waals surface area contributed by atoms with E-state index in [1.165, 1.54) is 4.90 Å². The van der Waals surface area contributed by atoms with Crippen LogP contribution in [0.2, 0.25) is 0 Å². The Morgan fingerprint density at radius 3 is 2.60 bits per heavy atom. The van der Waals surface area contributed by atoms with Gasteiger partial charge in [-0.05, 0) is 13.3 Å². The van der Waals surface area contributed by atoms with Crippen LogP contribution in [0.3, 0.4) is 0 Å². The van der Waals surface area contributed by atoms with Gasteiger partial charge in [-0.3, -0.25) is 0 Å². The molecule has 7 heteroatoms. The zero-order valence-electron chi connectivity index (χ0n) is 11.9.